The van der Waals surface area contributed by atoms with Crippen LogP contribution in [0.25, 0.3) is 10.8 Å². The highest BCUT2D eigenvalue weighted by atomic mass is 16.1. The Balaban J connectivity index is 2.27. The second-order valence-corrected chi connectivity index (χ2v) is 4.86. The molecule has 0 radical (unpaired) electrons. The van der Waals surface area contributed by atoms with Crippen LogP contribution >= 0.6 is 0 Å². The highest BCUT2D eigenvalue weighted by Crippen LogP contribution is 2.16. The lowest BCUT2D eigenvalue weighted by atomic mass is 10.0. The summed E-state index contributed by atoms with van der Waals surface area (Å²) in [4.78, 5) is 16.5. The van der Waals surface area contributed by atoms with Crippen LogP contribution < -0.4 is 11.1 Å². The molecule has 0 saturated heterocycles. The van der Waals surface area contributed by atoms with E-state index in [1.807, 2.05) is 44.2 Å². The topological polar surface area (TPSA) is 68.0 Å². The van der Waals surface area contributed by atoms with Crippen molar-refractivity contribution in [3.8, 4) is 0 Å². The number of hydrogen-bond donors (Lipinski definition) is 2. The number of nitrogens with zero attached hydrogens (tertiary/aromatic N) is 1. The molecule has 2 rings (SSSR count). The van der Waals surface area contributed by atoms with Gasteiger partial charge in [0, 0.05) is 17.6 Å². The number of hydrogen-bond acceptors (Lipinski definition) is 3. The van der Waals surface area contributed by atoms with Crippen molar-refractivity contribution < 1.29 is 4.79 Å². The molecule has 1 aromatic carbocycles. The normalized spacial score (nSPS) is 14.1. The number of benzene rings is 1. The number of nitrogens with one attached hydrogen (secondary N) is 1. The molecule has 1 heterocycles. The number of nitrogens with two attached hydrogens (primary N) is 1. The van der Waals surface area contributed by atoms with Crippen LogP contribution in [0, 0.1) is 5.92 Å². The molecule has 3 N–H and O–H groups in total. The molecular formula is C15H19N3O. The average molecular weight is 257 g/mol. The molecule has 4 nitrogen and oxygen atoms in total. The van der Waals surface area contributed by atoms with Crippen molar-refractivity contribution in [1.82, 2.24) is 10.3 Å². The van der Waals surface area contributed by atoms with Crippen molar-refractivity contribution in [1.29, 1.82) is 0 Å². The molecule has 2 atom stereocenters. The fourth-order valence-corrected chi connectivity index (χ4v) is 1.92. The van der Waals surface area contributed by atoms with Gasteiger partial charge >= 0.3 is 0 Å². The van der Waals surface area contributed by atoms with Crippen LogP contribution in [0.5, 0.6) is 0 Å². The Kier molecular flexibility index (Phi) is 4.12. The number of pyridine rings is 1. The lowest BCUT2D eigenvalue weighted by Gasteiger charge is -2.19. The second-order valence-electron chi connectivity index (χ2n) is 4.86. The third kappa shape index (κ3) is 2.90. The molecule has 4 heteroatoms. The Morgan fingerprint density at radius 2 is 2.05 bits per heavy atom. The molecule has 2 unspecified atom stereocenters. The first-order valence-corrected chi connectivity index (χ1v) is 6.48. The quantitative estimate of drug-likeness (QED) is 0.879. The van der Waals surface area contributed by atoms with E-state index >= 15 is 0 Å². The number of carbonyl (C=O) groups excluding carboxylic acids is 1. The molecule has 2 aromatic rings. The molecular weight excluding hydrogens is 238 g/mol. The maximum absolute atomic E-state index is 12.3. The van der Waals surface area contributed by atoms with E-state index < -0.39 is 0 Å². The Labute approximate surface area is 113 Å². The molecule has 1 aromatic heterocycles. The van der Waals surface area contributed by atoms with Crippen molar-refractivity contribution in [2.45, 2.75) is 19.9 Å². The molecule has 1 amide bonds. The van der Waals surface area contributed by atoms with E-state index in [0.29, 0.717) is 12.2 Å². The minimum Gasteiger partial charge on any atom is -0.348 e. The number of carbonyl (C=O) groups is 1. The number of aromatic nitrogens is 1. The van der Waals surface area contributed by atoms with Gasteiger partial charge in [-0.15, -0.1) is 0 Å². The zero-order chi connectivity index (χ0) is 13.8. The zero-order valence-corrected chi connectivity index (χ0v) is 11.3. The van der Waals surface area contributed by atoms with E-state index in [1.165, 1.54) is 0 Å². The van der Waals surface area contributed by atoms with Gasteiger partial charge in [-0.2, -0.15) is 0 Å². The Hall–Kier alpha value is -1.94. The summed E-state index contributed by atoms with van der Waals surface area (Å²) in [5, 5.41) is 4.84. The van der Waals surface area contributed by atoms with Crippen molar-refractivity contribution in [2.75, 3.05) is 6.54 Å². The van der Waals surface area contributed by atoms with Gasteiger partial charge < -0.3 is 11.1 Å². The lowest BCUT2D eigenvalue weighted by molar-refractivity contribution is 0.0926. The molecule has 100 valence electrons. The van der Waals surface area contributed by atoms with Gasteiger partial charge in [-0.25, -0.2) is 0 Å². The third-order valence-corrected chi connectivity index (χ3v) is 3.47. The predicted molar refractivity (Wildman–Crippen MR) is 76.9 cm³/mol. The summed E-state index contributed by atoms with van der Waals surface area (Å²) in [5.41, 5.74) is 6.08. The van der Waals surface area contributed by atoms with Crippen LogP contribution in [-0.2, 0) is 0 Å². The van der Waals surface area contributed by atoms with Crippen LogP contribution in [0.4, 0.5) is 0 Å². The fourth-order valence-electron chi connectivity index (χ4n) is 1.92. The van der Waals surface area contributed by atoms with Gasteiger partial charge in [0.15, 0.2) is 0 Å². The highest BCUT2D eigenvalue weighted by molar-refractivity contribution is 6.05. The Morgan fingerprint density at radius 1 is 1.32 bits per heavy atom. The summed E-state index contributed by atoms with van der Waals surface area (Å²) in [5.74, 6) is 0.0866. The Morgan fingerprint density at radius 3 is 2.79 bits per heavy atom. The van der Waals surface area contributed by atoms with Gasteiger partial charge in [-0.05, 0) is 30.8 Å². The molecule has 0 aliphatic heterocycles. The van der Waals surface area contributed by atoms with Crippen LogP contribution in [0.1, 0.15) is 24.3 Å². The van der Waals surface area contributed by atoms with Gasteiger partial charge in [-0.1, -0.05) is 31.2 Å². The number of amides is 1. The highest BCUT2D eigenvalue weighted by Gasteiger charge is 2.17. The largest absolute Gasteiger partial charge is 0.348 e. The minimum atomic E-state index is -0.149. The molecule has 0 saturated carbocycles. The van der Waals surface area contributed by atoms with Gasteiger partial charge in [0.25, 0.3) is 5.91 Å². The fraction of sp³-hybridized carbons (Fsp3) is 0.333. The van der Waals surface area contributed by atoms with Gasteiger partial charge in [0.2, 0.25) is 0 Å². The molecule has 0 spiro atoms. The van der Waals surface area contributed by atoms with E-state index in [9.17, 15) is 4.79 Å². The van der Waals surface area contributed by atoms with E-state index in [0.717, 1.165) is 10.8 Å². The molecule has 0 aliphatic carbocycles. The van der Waals surface area contributed by atoms with Crippen molar-refractivity contribution >= 4 is 16.7 Å². The van der Waals surface area contributed by atoms with Crippen molar-refractivity contribution in [3.63, 3.8) is 0 Å². The standard InChI is InChI=1S/C15H19N3O/c1-10(9-16)11(2)18-15(19)14-13-6-4-3-5-12(13)7-8-17-14/h3-8,10-11H,9,16H2,1-2H3,(H,18,19). The maximum atomic E-state index is 12.3. The van der Waals surface area contributed by atoms with Gasteiger partial charge in [0.1, 0.15) is 5.69 Å². The lowest BCUT2D eigenvalue weighted by Crippen LogP contribution is -2.40. The van der Waals surface area contributed by atoms with Gasteiger partial charge in [-0.3, -0.25) is 9.78 Å². The first-order valence-electron chi connectivity index (χ1n) is 6.48. The van der Waals surface area contributed by atoms with Crippen molar-refractivity contribution in [3.05, 3.63) is 42.2 Å². The summed E-state index contributed by atoms with van der Waals surface area (Å²) in [7, 11) is 0. The first-order chi connectivity index (χ1) is 9.13. The first kappa shape index (κ1) is 13.5. The zero-order valence-electron chi connectivity index (χ0n) is 11.3. The number of fused-ring (bicyclic) bond motifs is 1. The predicted octanol–water partition coefficient (Wildman–Crippen LogP) is 1.95. The smallest absolute Gasteiger partial charge is 0.270 e. The van der Waals surface area contributed by atoms with Crippen LogP contribution in [0.15, 0.2) is 36.5 Å². The maximum Gasteiger partial charge on any atom is 0.270 e. The SMILES string of the molecule is CC(CN)C(C)NC(=O)c1nccc2ccccc12. The summed E-state index contributed by atoms with van der Waals surface area (Å²) >= 11 is 0. The van der Waals surface area contributed by atoms with E-state index in [4.69, 9.17) is 5.73 Å². The average Bonchev–Trinajstić information content (AvgIpc) is 2.45. The summed E-state index contributed by atoms with van der Waals surface area (Å²) in [6.07, 6.45) is 1.66. The van der Waals surface area contributed by atoms with Crippen molar-refractivity contribution in [2.24, 2.45) is 11.7 Å². The van der Waals surface area contributed by atoms with Crippen LogP contribution in [0.3, 0.4) is 0 Å². The molecule has 0 aliphatic rings. The van der Waals surface area contributed by atoms with Crippen LogP contribution in [-0.4, -0.2) is 23.5 Å². The van der Waals surface area contributed by atoms with Gasteiger partial charge in [0.05, 0.1) is 0 Å². The molecule has 0 bridgehead atoms. The summed E-state index contributed by atoms with van der Waals surface area (Å²) in [6.45, 7) is 4.52. The van der Waals surface area contributed by atoms with Crippen LogP contribution in [0.2, 0.25) is 0 Å². The number of rotatable bonds is 4. The second kappa shape index (κ2) is 5.80. The monoisotopic (exact) mass is 257 g/mol. The summed E-state index contributed by atoms with van der Waals surface area (Å²) in [6, 6.07) is 9.67. The van der Waals surface area contributed by atoms with E-state index in [1.54, 1.807) is 6.20 Å². The molecule has 0 fully saturated rings. The molecule has 19 heavy (non-hydrogen) atoms. The minimum absolute atomic E-state index is 0.0262. The third-order valence-electron chi connectivity index (χ3n) is 3.47. The summed E-state index contributed by atoms with van der Waals surface area (Å²) < 4.78 is 0. The Bertz CT molecular complexity index is 577. The van der Waals surface area contributed by atoms with E-state index in [2.05, 4.69) is 10.3 Å². The van der Waals surface area contributed by atoms with E-state index in [-0.39, 0.29) is 17.9 Å².